The number of rotatable bonds is 4. The molecule has 1 heterocycles. The fourth-order valence-electron chi connectivity index (χ4n) is 4.98. The van der Waals surface area contributed by atoms with E-state index in [0.29, 0.717) is 5.75 Å². The summed E-state index contributed by atoms with van der Waals surface area (Å²) in [5, 5.41) is 33.3. The Kier molecular flexibility index (Phi) is 5.14. The summed E-state index contributed by atoms with van der Waals surface area (Å²) < 4.78 is 16.5. The summed E-state index contributed by atoms with van der Waals surface area (Å²) in [4.78, 5) is 40.0. The highest BCUT2D eigenvalue weighted by molar-refractivity contribution is 6.24. The number of carbonyl (C=O) groups excluding carboxylic acids is 3. The van der Waals surface area contributed by atoms with Gasteiger partial charge in [-0.3, -0.25) is 19.3 Å². The maximum atomic E-state index is 13.6. The average molecular weight is 460 g/mol. The molecule has 0 bridgehead atoms. The summed E-state index contributed by atoms with van der Waals surface area (Å²) in [7, 11) is 5.86. The highest BCUT2D eigenvalue weighted by Gasteiger charge is 2.64. The average Bonchev–Trinajstić information content (AvgIpc) is 2.74. The van der Waals surface area contributed by atoms with Crippen LogP contribution in [-0.2, 0) is 14.4 Å². The molecule has 11 nitrogen and oxygen atoms in total. The first-order valence-electron chi connectivity index (χ1n) is 10.1. The van der Waals surface area contributed by atoms with Crippen molar-refractivity contribution >= 4 is 23.2 Å². The molecule has 1 amide bonds. The molecular formula is C22H24N2O9. The fourth-order valence-corrected chi connectivity index (χ4v) is 4.98. The van der Waals surface area contributed by atoms with Crippen LogP contribution in [-0.4, -0.2) is 83.8 Å². The van der Waals surface area contributed by atoms with Gasteiger partial charge in [0.2, 0.25) is 5.78 Å². The van der Waals surface area contributed by atoms with Crippen LogP contribution in [0.15, 0.2) is 29.0 Å². The van der Waals surface area contributed by atoms with Crippen LogP contribution in [0.4, 0.5) is 0 Å². The topological polar surface area (TPSA) is 169 Å². The van der Waals surface area contributed by atoms with Crippen LogP contribution in [0.1, 0.15) is 12.0 Å². The highest BCUT2D eigenvalue weighted by atomic mass is 16.5. The summed E-state index contributed by atoms with van der Waals surface area (Å²) in [6.07, 6.45) is -1.18. The van der Waals surface area contributed by atoms with E-state index in [1.165, 1.54) is 45.3 Å². The molecule has 1 fully saturated rings. The molecule has 4 rings (SSSR count). The lowest BCUT2D eigenvalue weighted by Crippen LogP contribution is -2.66. The number of nitrogens with two attached hydrogens (primary N) is 1. The van der Waals surface area contributed by atoms with Gasteiger partial charge in [-0.2, -0.15) is 0 Å². The summed E-state index contributed by atoms with van der Waals surface area (Å²) in [5.74, 6) is -5.30. The van der Waals surface area contributed by atoms with Gasteiger partial charge >= 0.3 is 0 Å². The Morgan fingerprint density at radius 3 is 2.42 bits per heavy atom. The largest absolute Gasteiger partial charge is 0.508 e. The normalized spacial score (nSPS) is 28.7. The maximum absolute atomic E-state index is 13.6. The number of Topliss-reactive ketones (excluding diaryl/α,β-unsaturated/α-hetero) is 2. The molecule has 1 aliphatic heterocycles. The number of amides is 1. The standard InChI is InChI=1S/C22H24N2O9/c1-24(2)16-9-7-12-14(19(27)22(9,30)20(28)15(18(16)26)21(23)29)17(25)13-10(32-4)5-8(31-3)6-11(13)33-12/h5-6,9,12,16,25,28,30H,7H2,1-4H3,(H2,23,29). The molecule has 1 aromatic rings. The van der Waals surface area contributed by atoms with Crippen molar-refractivity contribution < 1.29 is 43.9 Å². The number of ether oxygens (including phenoxy) is 3. The Morgan fingerprint density at radius 2 is 1.88 bits per heavy atom. The van der Waals surface area contributed by atoms with Crippen molar-refractivity contribution in [2.24, 2.45) is 11.7 Å². The minimum atomic E-state index is -2.67. The van der Waals surface area contributed by atoms with Crippen LogP contribution in [0.2, 0.25) is 0 Å². The zero-order valence-corrected chi connectivity index (χ0v) is 18.4. The second kappa shape index (κ2) is 7.49. The number of primary amides is 1. The first kappa shape index (κ1) is 22.6. The lowest BCUT2D eigenvalue weighted by atomic mass is 9.61. The lowest BCUT2D eigenvalue weighted by Gasteiger charge is -2.49. The molecule has 2 aliphatic carbocycles. The molecule has 5 N–H and O–H groups in total. The summed E-state index contributed by atoms with van der Waals surface area (Å²) in [6, 6.07) is 1.83. The first-order valence-corrected chi connectivity index (χ1v) is 10.1. The zero-order chi connectivity index (χ0) is 24.4. The molecule has 33 heavy (non-hydrogen) atoms. The van der Waals surface area contributed by atoms with Gasteiger partial charge < -0.3 is 35.3 Å². The first-order chi connectivity index (χ1) is 15.5. The third kappa shape index (κ3) is 2.92. The Hall–Kier alpha value is -3.57. The Balaban J connectivity index is 1.97. The molecule has 0 aromatic heterocycles. The van der Waals surface area contributed by atoms with Crippen LogP contribution in [0.5, 0.6) is 17.2 Å². The van der Waals surface area contributed by atoms with E-state index < -0.39 is 58.2 Å². The number of carbonyl (C=O) groups is 3. The van der Waals surface area contributed by atoms with Gasteiger partial charge in [0.15, 0.2) is 11.4 Å². The van der Waals surface area contributed by atoms with E-state index in [-0.39, 0.29) is 29.1 Å². The van der Waals surface area contributed by atoms with Crippen LogP contribution in [0.25, 0.3) is 5.76 Å². The Morgan fingerprint density at radius 1 is 1.21 bits per heavy atom. The number of fused-ring (bicyclic) bond motifs is 3. The number of ketones is 2. The number of aliphatic hydroxyl groups excluding tert-OH is 2. The number of aliphatic hydroxyl groups is 3. The monoisotopic (exact) mass is 460 g/mol. The van der Waals surface area contributed by atoms with Gasteiger partial charge in [-0.15, -0.1) is 0 Å². The summed E-state index contributed by atoms with van der Waals surface area (Å²) >= 11 is 0. The molecule has 0 spiro atoms. The van der Waals surface area contributed by atoms with Crippen LogP contribution in [0.3, 0.4) is 0 Å². The molecule has 11 heteroatoms. The molecule has 0 radical (unpaired) electrons. The van der Waals surface area contributed by atoms with Crippen LogP contribution in [0, 0.1) is 5.92 Å². The molecule has 4 unspecified atom stereocenters. The highest BCUT2D eigenvalue weighted by Crippen LogP contribution is 2.52. The van der Waals surface area contributed by atoms with Gasteiger partial charge in [-0.1, -0.05) is 0 Å². The van der Waals surface area contributed by atoms with Gasteiger partial charge in [0.1, 0.15) is 46.0 Å². The Bertz CT molecular complexity index is 1150. The number of hydrogen-bond acceptors (Lipinski definition) is 10. The van der Waals surface area contributed by atoms with Gasteiger partial charge in [-0.25, -0.2) is 0 Å². The molecule has 1 aromatic carbocycles. The second-order valence-corrected chi connectivity index (χ2v) is 8.37. The van der Waals surface area contributed by atoms with E-state index in [2.05, 4.69) is 0 Å². The van der Waals surface area contributed by atoms with Gasteiger partial charge in [0, 0.05) is 18.1 Å². The molecule has 0 saturated heterocycles. The van der Waals surface area contributed by atoms with Crippen molar-refractivity contribution in [1.29, 1.82) is 0 Å². The van der Waals surface area contributed by atoms with Gasteiger partial charge in [-0.05, 0) is 20.5 Å². The number of methoxy groups -OCH3 is 2. The van der Waals surface area contributed by atoms with Gasteiger partial charge in [0.25, 0.3) is 5.91 Å². The van der Waals surface area contributed by atoms with E-state index in [0.717, 1.165) is 0 Å². The lowest BCUT2D eigenvalue weighted by molar-refractivity contribution is -0.155. The van der Waals surface area contributed by atoms with E-state index >= 15 is 0 Å². The maximum Gasteiger partial charge on any atom is 0.255 e. The fraction of sp³-hybridized carbons (Fsp3) is 0.409. The van der Waals surface area contributed by atoms with E-state index in [9.17, 15) is 29.7 Å². The molecular weight excluding hydrogens is 436 g/mol. The van der Waals surface area contributed by atoms with Gasteiger partial charge in [0.05, 0.1) is 25.8 Å². The molecule has 1 saturated carbocycles. The minimum absolute atomic E-state index is 0.0644. The van der Waals surface area contributed by atoms with Crippen molar-refractivity contribution in [1.82, 2.24) is 4.90 Å². The predicted molar refractivity (Wildman–Crippen MR) is 113 cm³/mol. The quantitative estimate of drug-likeness (QED) is 0.444. The smallest absolute Gasteiger partial charge is 0.255 e. The third-order valence-corrected chi connectivity index (χ3v) is 6.47. The van der Waals surface area contributed by atoms with Crippen molar-refractivity contribution in [2.45, 2.75) is 24.2 Å². The summed E-state index contributed by atoms with van der Waals surface area (Å²) in [6.45, 7) is 0. The number of benzene rings is 1. The van der Waals surface area contributed by atoms with Crippen molar-refractivity contribution in [3.8, 4) is 17.2 Å². The number of nitrogens with zero attached hydrogens (tertiary/aromatic N) is 1. The Labute approximate surface area is 188 Å². The number of hydrogen-bond donors (Lipinski definition) is 4. The van der Waals surface area contributed by atoms with E-state index in [4.69, 9.17) is 19.9 Å². The predicted octanol–water partition coefficient (Wildman–Crippen LogP) is -0.136. The number of likely N-dealkylation sites (N-methyl/N-ethyl adjacent to an activating group) is 1. The SMILES string of the molecule is COc1cc(OC)c2c(c1)OC1CC3C(N(C)C)C(=O)C(C(N)=O)=C(O)C3(O)C(=O)C1=C2O. The van der Waals surface area contributed by atoms with E-state index in [1.807, 2.05) is 0 Å². The molecule has 4 atom stereocenters. The second-order valence-electron chi connectivity index (χ2n) is 8.37. The van der Waals surface area contributed by atoms with Crippen LogP contribution >= 0.6 is 0 Å². The van der Waals surface area contributed by atoms with Crippen molar-refractivity contribution in [2.75, 3.05) is 28.3 Å². The van der Waals surface area contributed by atoms with Crippen LogP contribution < -0.4 is 19.9 Å². The van der Waals surface area contributed by atoms with Crippen molar-refractivity contribution in [3.63, 3.8) is 0 Å². The van der Waals surface area contributed by atoms with Crippen molar-refractivity contribution in [3.05, 3.63) is 34.6 Å². The third-order valence-electron chi connectivity index (χ3n) is 6.47. The molecule has 3 aliphatic rings. The zero-order valence-electron chi connectivity index (χ0n) is 18.4. The molecule has 176 valence electrons. The van der Waals surface area contributed by atoms with E-state index in [1.54, 1.807) is 0 Å². The minimum Gasteiger partial charge on any atom is -0.508 e. The summed E-state index contributed by atoms with van der Waals surface area (Å²) in [5.41, 5.74) is 1.52.